The molecule has 0 amide bonds. The summed E-state index contributed by atoms with van der Waals surface area (Å²) >= 11 is 0. The summed E-state index contributed by atoms with van der Waals surface area (Å²) in [6, 6.07) is 10.4. The van der Waals surface area contributed by atoms with E-state index in [0.717, 1.165) is 18.6 Å². The molecular weight excluding hydrogens is 196 g/mol. The Morgan fingerprint density at radius 3 is 2.81 bits per heavy atom. The first-order valence-corrected chi connectivity index (χ1v) is 5.80. The summed E-state index contributed by atoms with van der Waals surface area (Å²) in [4.78, 5) is 4.44. The van der Waals surface area contributed by atoms with Crippen molar-refractivity contribution < 1.29 is 0 Å². The van der Waals surface area contributed by atoms with Gasteiger partial charge in [-0.25, -0.2) is 0 Å². The van der Waals surface area contributed by atoms with Crippen LogP contribution in [-0.4, -0.2) is 11.5 Å². The summed E-state index contributed by atoms with van der Waals surface area (Å²) in [6.07, 6.45) is 1.86. The van der Waals surface area contributed by atoms with Crippen LogP contribution in [0.1, 0.15) is 19.4 Å². The molecule has 0 unspecified atom stereocenters. The number of pyridine rings is 1. The second kappa shape index (κ2) is 5.08. The Bertz CT molecular complexity index is 458. The van der Waals surface area contributed by atoms with Gasteiger partial charge < -0.3 is 5.32 Å². The summed E-state index contributed by atoms with van der Waals surface area (Å²) in [5.41, 5.74) is 2.39. The number of hydrogen-bond acceptors (Lipinski definition) is 2. The lowest BCUT2D eigenvalue weighted by atomic mass is 10.1. The van der Waals surface area contributed by atoms with Crippen molar-refractivity contribution in [1.29, 1.82) is 0 Å². The molecule has 0 atom stereocenters. The van der Waals surface area contributed by atoms with Crippen LogP contribution in [0.4, 0.5) is 0 Å². The molecule has 2 nitrogen and oxygen atoms in total. The minimum Gasteiger partial charge on any atom is -0.312 e. The summed E-state index contributed by atoms with van der Waals surface area (Å²) in [5.74, 6) is 0.683. The average Bonchev–Trinajstić information content (AvgIpc) is 2.29. The zero-order valence-electron chi connectivity index (χ0n) is 9.90. The zero-order valence-corrected chi connectivity index (χ0v) is 9.90. The number of nitrogens with one attached hydrogen (secondary N) is 1. The maximum absolute atomic E-state index is 4.44. The Kier molecular flexibility index (Phi) is 3.52. The third-order valence-corrected chi connectivity index (χ3v) is 2.58. The van der Waals surface area contributed by atoms with Crippen LogP contribution < -0.4 is 5.32 Å². The van der Waals surface area contributed by atoms with Crippen molar-refractivity contribution in [1.82, 2.24) is 10.3 Å². The van der Waals surface area contributed by atoms with Gasteiger partial charge in [-0.15, -0.1) is 0 Å². The van der Waals surface area contributed by atoms with E-state index in [1.807, 2.05) is 12.3 Å². The molecule has 0 saturated heterocycles. The molecule has 2 aromatic rings. The normalized spacial score (nSPS) is 11.2. The van der Waals surface area contributed by atoms with E-state index in [1.165, 1.54) is 10.9 Å². The van der Waals surface area contributed by atoms with Crippen LogP contribution in [0.5, 0.6) is 0 Å². The SMILES string of the molecule is CC(C)CNCc1cccc2cccnc12. The predicted octanol–water partition coefficient (Wildman–Crippen LogP) is 2.98. The molecule has 0 spiro atoms. The van der Waals surface area contributed by atoms with Crippen molar-refractivity contribution in [2.45, 2.75) is 20.4 Å². The van der Waals surface area contributed by atoms with Gasteiger partial charge in [-0.05, 0) is 24.1 Å². The molecule has 2 rings (SSSR count). The number of hydrogen-bond donors (Lipinski definition) is 1. The first-order chi connectivity index (χ1) is 7.77. The van der Waals surface area contributed by atoms with Gasteiger partial charge >= 0.3 is 0 Å². The lowest BCUT2D eigenvalue weighted by Crippen LogP contribution is -2.19. The minimum atomic E-state index is 0.683. The van der Waals surface area contributed by atoms with Crippen LogP contribution in [0.25, 0.3) is 10.9 Å². The van der Waals surface area contributed by atoms with Gasteiger partial charge in [-0.3, -0.25) is 4.98 Å². The molecule has 84 valence electrons. The molecule has 0 aliphatic carbocycles. The Balaban J connectivity index is 2.17. The highest BCUT2D eigenvalue weighted by atomic mass is 14.9. The first kappa shape index (κ1) is 11.1. The Labute approximate surface area is 96.7 Å². The van der Waals surface area contributed by atoms with Crippen LogP contribution in [0, 0.1) is 5.92 Å². The smallest absolute Gasteiger partial charge is 0.0746 e. The molecule has 1 aromatic heterocycles. The third-order valence-electron chi connectivity index (χ3n) is 2.58. The van der Waals surface area contributed by atoms with E-state index in [0.29, 0.717) is 5.92 Å². The molecule has 0 radical (unpaired) electrons. The maximum Gasteiger partial charge on any atom is 0.0746 e. The van der Waals surface area contributed by atoms with Crippen LogP contribution in [-0.2, 0) is 6.54 Å². The fourth-order valence-corrected chi connectivity index (χ4v) is 1.81. The van der Waals surface area contributed by atoms with E-state index in [9.17, 15) is 0 Å². The number of nitrogens with zero attached hydrogens (tertiary/aromatic N) is 1. The van der Waals surface area contributed by atoms with Crippen LogP contribution in [0.2, 0.25) is 0 Å². The minimum absolute atomic E-state index is 0.683. The Hall–Kier alpha value is -1.41. The topological polar surface area (TPSA) is 24.9 Å². The van der Waals surface area contributed by atoms with Gasteiger partial charge in [0.1, 0.15) is 0 Å². The summed E-state index contributed by atoms with van der Waals surface area (Å²) in [7, 11) is 0. The average molecular weight is 214 g/mol. The molecule has 1 aromatic carbocycles. The van der Waals surface area contributed by atoms with Crippen LogP contribution in [0.3, 0.4) is 0 Å². The van der Waals surface area contributed by atoms with E-state index in [2.05, 4.69) is 48.4 Å². The van der Waals surface area contributed by atoms with Gasteiger partial charge in [0.15, 0.2) is 0 Å². The monoisotopic (exact) mass is 214 g/mol. The van der Waals surface area contributed by atoms with Crippen molar-refractivity contribution in [2.24, 2.45) is 5.92 Å². The fraction of sp³-hybridized carbons (Fsp3) is 0.357. The molecular formula is C14H18N2. The maximum atomic E-state index is 4.44. The van der Waals surface area contributed by atoms with Crippen molar-refractivity contribution in [3.05, 3.63) is 42.1 Å². The van der Waals surface area contributed by atoms with Gasteiger partial charge in [0.2, 0.25) is 0 Å². The van der Waals surface area contributed by atoms with Gasteiger partial charge in [0.05, 0.1) is 5.52 Å². The third kappa shape index (κ3) is 2.58. The molecule has 0 fully saturated rings. The molecule has 2 heteroatoms. The van der Waals surface area contributed by atoms with Crippen LogP contribution >= 0.6 is 0 Å². The predicted molar refractivity (Wildman–Crippen MR) is 68.3 cm³/mol. The molecule has 1 N–H and O–H groups in total. The number of rotatable bonds is 4. The van der Waals surface area contributed by atoms with Gasteiger partial charge in [-0.2, -0.15) is 0 Å². The second-order valence-electron chi connectivity index (χ2n) is 4.52. The number of aromatic nitrogens is 1. The standard InChI is InChI=1S/C14H18N2/c1-11(2)9-15-10-13-6-3-5-12-7-4-8-16-14(12)13/h3-8,11,15H,9-10H2,1-2H3. The van der Waals surface area contributed by atoms with Crippen molar-refractivity contribution in [2.75, 3.05) is 6.54 Å². The molecule has 0 bridgehead atoms. The number of benzene rings is 1. The van der Waals surface area contributed by atoms with E-state index in [1.54, 1.807) is 0 Å². The molecule has 16 heavy (non-hydrogen) atoms. The highest BCUT2D eigenvalue weighted by Gasteiger charge is 2.01. The fourth-order valence-electron chi connectivity index (χ4n) is 1.81. The summed E-state index contributed by atoms with van der Waals surface area (Å²) in [5, 5.41) is 4.67. The number of para-hydroxylation sites is 1. The molecule has 0 aliphatic rings. The molecule has 0 saturated carbocycles. The zero-order chi connectivity index (χ0) is 11.4. The second-order valence-corrected chi connectivity index (χ2v) is 4.52. The Morgan fingerprint density at radius 2 is 2.00 bits per heavy atom. The largest absolute Gasteiger partial charge is 0.312 e. The van der Waals surface area contributed by atoms with E-state index in [-0.39, 0.29) is 0 Å². The van der Waals surface area contributed by atoms with Gasteiger partial charge in [0, 0.05) is 18.1 Å². The summed E-state index contributed by atoms with van der Waals surface area (Å²) < 4.78 is 0. The Morgan fingerprint density at radius 1 is 1.19 bits per heavy atom. The van der Waals surface area contributed by atoms with E-state index in [4.69, 9.17) is 0 Å². The van der Waals surface area contributed by atoms with Crippen molar-refractivity contribution in [3.8, 4) is 0 Å². The summed E-state index contributed by atoms with van der Waals surface area (Å²) in [6.45, 7) is 6.37. The lowest BCUT2D eigenvalue weighted by molar-refractivity contribution is 0.553. The number of fused-ring (bicyclic) bond motifs is 1. The quantitative estimate of drug-likeness (QED) is 0.846. The molecule has 0 aliphatic heterocycles. The van der Waals surface area contributed by atoms with E-state index < -0.39 is 0 Å². The van der Waals surface area contributed by atoms with E-state index >= 15 is 0 Å². The van der Waals surface area contributed by atoms with Gasteiger partial charge in [0.25, 0.3) is 0 Å². The highest BCUT2D eigenvalue weighted by Crippen LogP contribution is 2.15. The van der Waals surface area contributed by atoms with Gasteiger partial charge in [-0.1, -0.05) is 38.1 Å². The first-order valence-electron chi connectivity index (χ1n) is 5.80. The molecule has 1 heterocycles. The lowest BCUT2D eigenvalue weighted by Gasteiger charge is -2.09. The van der Waals surface area contributed by atoms with Crippen LogP contribution in [0.15, 0.2) is 36.5 Å². The highest BCUT2D eigenvalue weighted by molar-refractivity contribution is 5.81. The van der Waals surface area contributed by atoms with Crippen molar-refractivity contribution >= 4 is 10.9 Å². The van der Waals surface area contributed by atoms with Crippen molar-refractivity contribution in [3.63, 3.8) is 0 Å².